The summed E-state index contributed by atoms with van der Waals surface area (Å²) in [6.45, 7) is 6.45. The Morgan fingerprint density at radius 3 is 2.00 bits per heavy atom. The maximum absolute atomic E-state index is 14.8. The summed E-state index contributed by atoms with van der Waals surface area (Å²) in [7, 11) is 0. The first kappa shape index (κ1) is 28.4. The van der Waals surface area contributed by atoms with Crippen molar-refractivity contribution in [1.82, 2.24) is 19.7 Å². The number of hydrogen-bond donors (Lipinski definition) is 1. The van der Waals surface area contributed by atoms with Crippen molar-refractivity contribution in [1.29, 1.82) is 0 Å². The Kier molecular flexibility index (Phi) is 13.3. The molecule has 1 unspecified atom stereocenters. The summed E-state index contributed by atoms with van der Waals surface area (Å²) in [5.74, 6) is -1.39. The van der Waals surface area contributed by atoms with Crippen molar-refractivity contribution in [3.8, 4) is 0 Å². The maximum atomic E-state index is 14.8. The minimum Gasteiger partial charge on any atom is -0.382 e. The van der Waals surface area contributed by atoms with E-state index < -0.39 is 17.2 Å². The molecule has 2 rings (SSSR count). The average Bonchev–Trinajstić information content (AvgIpc) is 3.30. The second kappa shape index (κ2) is 15.9. The van der Waals surface area contributed by atoms with E-state index in [-0.39, 0.29) is 18.7 Å². The zero-order valence-electron chi connectivity index (χ0n) is 21.2. The second-order valence-electron chi connectivity index (χ2n) is 9.56. The molecule has 192 valence electrons. The molecule has 0 spiro atoms. The molecule has 0 aliphatic carbocycles. The number of halogens is 2. The first-order chi connectivity index (χ1) is 16.5. The zero-order valence-corrected chi connectivity index (χ0v) is 21.2. The largest absolute Gasteiger partial charge is 0.382 e. The Morgan fingerprint density at radius 1 is 0.882 bits per heavy atom. The minimum atomic E-state index is -1.55. The van der Waals surface area contributed by atoms with Crippen LogP contribution < -0.4 is 0 Å². The molecule has 5 nitrogen and oxygen atoms in total. The van der Waals surface area contributed by atoms with Gasteiger partial charge in [-0.15, -0.1) is 0 Å². The van der Waals surface area contributed by atoms with E-state index in [9.17, 15) is 13.9 Å². The number of nitrogens with zero attached hydrogens (tertiary/aromatic N) is 4. The third-order valence-corrected chi connectivity index (χ3v) is 6.46. The molecule has 0 saturated heterocycles. The van der Waals surface area contributed by atoms with Gasteiger partial charge in [-0.05, 0) is 32.0 Å². The van der Waals surface area contributed by atoms with E-state index in [1.165, 1.54) is 80.8 Å². The van der Waals surface area contributed by atoms with Crippen LogP contribution in [0.3, 0.4) is 0 Å². The molecule has 2 aromatic rings. The van der Waals surface area contributed by atoms with Crippen LogP contribution in [0.4, 0.5) is 8.78 Å². The molecule has 1 heterocycles. The van der Waals surface area contributed by atoms with Crippen molar-refractivity contribution in [3.05, 3.63) is 48.1 Å². The van der Waals surface area contributed by atoms with Crippen molar-refractivity contribution in [2.75, 3.05) is 19.6 Å². The van der Waals surface area contributed by atoms with Crippen LogP contribution >= 0.6 is 0 Å². The summed E-state index contributed by atoms with van der Waals surface area (Å²) in [6, 6.07) is 3.40. The van der Waals surface area contributed by atoms with Gasteiger partial charge in [0, 0.05) is 18.2 Å². The average molecular weight is 479 g/mol. The molecule has 1 N–H and O–H groups in total. The van der Waals surface area contributed by atoms with Gasteiger partial charge in [-0.1, -0.05) is 84.1 Å². The predicted octanol–water partition coefficient (Wildman–Crippen LogP) is 6.47. The van der Waals surface area contributed by atoms with Crippen LogP contribution in [-0.4, -0.2) is 44.4 Å². The Labute approximate surface area is 204 Å². The molecule has 0 amide bonds. The van der Waals surface area contributed by atoms with Crippen molar-refractivity contribution in [2.45, 2.75) is 103 Å². The number of benzene rings is 1. The number of hydrogen-bond acceptors (Lipinski definition) is 4. The van der Waals surface area contributed by atoms with E-state index in [2.05, 4.69) is 28.8 Å². The van der Waals surface area contributed by atoms with Crippen LogP contribution in [0.15, 0.2) is 30.9 Å². The molecule has 0 bridgehead atoms. The molecule has 34 heavy (non-hydrogen) atoms. The van der Waals surface area contributed by atoms with E-state index in [0.29, 0.717) is 0 Å². The fraction of sp³-hybridized carbons (Fsp3) is 0.704. The molecular weight excluding hydrogens is 434 g/mol. The summed E-state index contributed by atoms with van der Waals surface area (Å²) < 4.78 is 29.9. The van der Waals surface area contributed by atoms with Crippen molar-refractivity contribution < 1.29 is 13.9 Å². The number of unbranched alkanes of at least 4 members (excludes halogenated alkanes) is 10. The summed E-state index contributed by atoms with van der Waals surface area (Å²) in [6.07, 6.45) is 17.2. The van der Waals surface area contributed by atoms with Gasteiger partial charge in [0.25, 0.3) is 0 Å². The lowest BCUT2D eigenvalue weighted by Gasteiger charge is -2.35. The molecule has 0 aliphatic rings. The summed E-state index contributed by atoms with van der Waals surface area (Å²) in [4.78, 5) is 6.21. The predicted molar refractivity (Wildman–Crippen MR) is 133 cm³/mol. The van der Waals surface area contributed by atoms with E-state index >= 15 is 0 Å². The number of aromatic nitrogens is 3. The Hall–Kier alpha value is -1.86. The van der Waals surface area contributed by atoms with Crippen molar-refractivity contribution in [3.63, 3.8) is 0 Å². The van der Waals surface area contributed by atoms with Gasteiger partial charge in [-0.2, -0.15) is 5.10 Å². The van der Waals surface area contributed by atoms with Gasteiger partial charge in [-0.3, -0.25) is 0 Å². The van der Waals surface area contributed by atoms with Gasteiger partial charge >= 0.3 is 0 Å². The van der Waals surface area contributed by atoms with E-state index in [1.807, 2.05) is 0 Å². The van der Waals surface area contributed by atoms with Crippen molar-refractivity contribution in [2.24, 2.45) is 0 Å². The zero-order chi connectivity index (χ0) is 24.7. The van der Waals surface area contributed by atoms with Gasteiger partial charge in [0.2, 0.25) is 0 Å². The lowest BCUT2D eigenvalue weighted by Crippen LogP contribution is -2.45. The topological polar surface area (TPSA) is 54.2 Å². The molecule has 1 atom stereocenters. The SMILES string of the molecule is CCCCCCCCN(CCCCCCCC)CC(O)(Cn1cncn1)c1ccc(F)cc1F. The fourth-order valence-electron chi connectivity index (χ4n) is 4.54. The summed E-state index contributed by atoms with van der Waals surface area (Å²) >= 11 is 0. The first-order valence-corrected chi connectivity index (χ1v) is 13.2. The van der Waals surface area contributed by atoms with Crippen LogP contribution in [0.1, 0.15) is 96.5 Å². The molecule has 0 radical (unpaired) electrons. The Bertz CT molecular complexity index is 771. The first-order valence-electron chi connectivity index (χ1n) is 13.2. The smallest absolute Gasteiger partial charge is 0.137 e. The highest BCUT2D eigenvalue weighted by Crippen LogP contribution is 2.28. The quantitative estimate of drug-likeness (QED) is 0.235. The Morgan fingerprint density at radius 2 is 1.47 bits per heavy atom. The molecular formula is C27H44F2N4O. The monoisotopic (exact) mass is 478 g/mol. The van der Waals surface area contributed by atoms with Gasteiger partial charge in [0.05, 0.1) is 6.54 Å². The van der Waals surface area contributed by atoms with Crippen LogP contribution in [0.25, 0.3) is 0 Å². The van der Waals surface area contributed by atoms with Crippen molar-refractivity contribution >= 4 is 0 Å². The lowest BCUT2D eigenvalue weighted by molar-refractivity contribution is -0.0224. The van der Waals surface area contributed by atoms with E-state index in [4.69, 9.17) is 0 Å². The highest BCUT2D eigenvalue weighted by atomic mass is 19.1. The minimum absolute atomic E-state index is 0.0546. The molecule has 1 aromatic heterocycles. The highest BCUT2D eigenvalue weighted by Gasteiger charge is 2.35. The third kappa shape index (κ3) is 10.2. The van der Waals surface area contributed by atoms with Gasteiger partial charge in [0.15, 0.2) is 0 Å². The molecule has 1 aromatic carbocycles. The normalized spacial score (nSPS) is 13.5. The van der Waals surface area contributed by atoms with Gasteiger partial charge in [0.1, 0.15) is 29.9 Å². The highest BCUT2D eigenvalue weighted by molar-refractivity contribution is 5.25. The van der Waals surface area contributed by atoms with Crippen LogP contribution in [-0.2, 0) is 12.1 Å². The van der Waals surface area contributed by atoms with E-state index in [0.717, 1.165) is 44.8 Å². The molecule has 7 heteroatoms. The van der Waals surface area contributed by atoms with Crippen LogP contribution in [0.2, 0.25) is 0 Å². The van der Waals surface area contributed by atoms with Gasteiger partial charge in [-0.25, -0.2) is 18.4 Å². The summed E-state index contributed by atoms with van der Waals surface area (Å²) in [5.41, 5.74) is -1.45. The molecule has 0 fully saturated rings. The molecule has 0 saturated carbocycles. The van der Waals surface area contributed by atoms with E-state index in [1.54, 1.807) is 0 Å². The standard InChI is InChI=1S/C27H44F2N4O/c1-3-5-7-9-11-13-17-32(18-14-12-10-8-6-4-2)20-27(34,21-33-23-30-22-31-33)25-16-15-24(28)19-26(25)29/h15-16,19,22-23,34H,3-14,17-18,20-21H2,1-2H3. The molecule has 0 aliphatic heterocycles. The van der Waals surface area contributed by atoms with Crippen LogP contribution in [0, 0.1) is 11.6 Å². The third-order valence-electron chi connectivity index (χ3n) is 6.46. The van der Waals surface area contributed by atoms with Gasteiger partial charge < -0.3 is 10.0 Å². The maximum Gasteiger partial charge on any atom is 0.137 e. The summed E-state index contributed by atoms with van der Waals surface area (Å²) in [5, 5.41) is 15.9. The lowest BCUT2D eigenvalue weighted by atomic mass is 9.92. The number of rotatable bonds is 19. The fourth-order valence-corrected chi connectivity index (χ4v) is 4.54. The number of aliphatic hydroxyl groups is 1. The second-order valence-corrected chi connectivity index (χ2v) is 9.56. The Balaban J connectivity index is 2.10. The van der Waals surface area contributed by atoms with Crippen LogP contribution in [0.5, 0.6) is 0 Å².